The Hall–Kier alpha value is -0.870. The Kier molecular flexibility index (Phi) is 6.36. The zero-order valence-corrected chi connectivity index (χ0v) is 12.1. The Balaban J connectivity index is 2.44. The zero-order valence-electron chi connectivity index (χ0n) is 12.1. The molecule has 0 aliphatic carbocycles. The van der Waals surface area contributed by atoms with Gasteiger partial charge in [0.25, 0.3) is 0 Å². The van der Waals surface area contributed by atoms with E-state index in [4.69, 9.17) is 10.5 Å². The molecule has 0 aliphatic rings. The topological polar surface area (TPSA) is 53.1 Å². The average molecular weight is 253 g/mol. The number of methoxy groups -OCH3 is 1. The smallest absolute Gasteiger partial charge is 0.0640 e. The third-order valence-corrected chi connectivity index (χ3v) is 3.33. The van der Waals surface area contributed by atoms with E-state index in [1.54, 1.807) is 7.11 Å². The summed E-state index contributed by atoms with van der Waals surface area (Å²) in [7, 11) is 1.73. The van der Waals surface area contributed by atoms with Gasteiger partial charge < -0.3 is 10.5 Å². The van der Waals surface area contributed by atoms with Gasteiger partial charge in [0.1, 0.15) is 0 Å². The maximum absolute atomic E-state index is 6.15. The maximum Gasteiger partial charge on any atom is 0.0640 e. The van der Waals surface area contributed by atoms with Crippen LogP contribution in [0, 0.1) is 5.92 Å². The maximum atomic E-state index is 6.15. The molecule has 2 N–H and O–H groups in total. The first-order valence-corrected chi connectivity index (χ1v) is 6.85. The third-order valence-electron chi connectivity index (χ3n) is 3.33. The van der Waals surface area contributed by atoms with Crippen molar-refractivity contribution in [2.75, 3.05) is 13.7 Å². The van der Waals surface area contributed by atoms with Crippen LogP contribution in [0.15, 0.2) is 12.3 Å². The number of nitrogens with zero attached hydrogens (tertiary/aromatic N) is 2. The van der Waals surface area contributed by atoms with Crippen LogP contribution in [-0.2, 0) is 11.2 Å². The highest BCUT2D eigenvalue weighted by molar-refractivity contribution is 5.02. The van der Waals surface area contributed by atoms with Gasteiger partial charge in [0, 0.05) is 38.4 Å². The van der Waals surface area contributed by atoms with Crippen LogP contribution in [0.25, 0.3) is 0 Å². The monoisotopic (exact) mass is 253 g/mol. The van der Waals surface area contributed by atoms with Gasteiger partial charge in [-0.25, -0.2) is 0 Å². The van der Waals surface area contributed by atoms with E-state index in [0.29, 0.717) is 12.0 Å². The average Bonchev–Trinajstić information content (AvgIpc) is 2.76. The second-order valence-electron chi connectivity index (χ2n) is 5.30. The van der Waals surface area contributed by atoms with Crippen molar-refractivity contribution >= 4 is 0 Å². The van der Waals surface area contributed by atoms with Gasteiger partial charge in [-0.3, -0.25) is 4.68 Å². The minimum absolute atomic E-state index is 0.162. The van der Waals surface area contributed by atoms with E-state index in [0.717, 1.165) is 31.6 Å². The SMILES string of the molecule is CCC(C)n1ccc(CC(N)CC(C)COC)n1. The van der Waals surface area contributed by atoms with Crippen molar-refractivity contribution in [2.45, 2.75) is 52.1 Å². The molecule has 4 nitrogen and oxygen atoms in total. The lowest BCUT2D eigenvalue weighted by Gasteiger charge is -2.15. The van der Waals surface area contributed by atoms with Crippen molar-refractivity contribution in [1.29, 1.82) is 0 Å². The number of rotatable bonds is 8. The van der Waals surface area contributed by atoms with E-state index in [9.17, 15) is 0 Å². The summed E-state index contributed by atoms with van der Waals surface area (Å²) in [5.74, 6) is 0.502. The summed E-state index contributed by atoms with van der Waals surface area (Å²) in [6.07, 6.45) is 4.97. The molecule has 0 aliphatic heterocycles. The van der Waals surface area contributed by atoms with E-state index in [1.165, 1.54) is 0 Å². The van der Waals surface area contributed by atoms with Crippen LogP contribution in [-0.4, -0.2) is 29.5 Å². The van der Waals surface area contributed by atoms with Crippen molar-refractivity contribution < 1.29 is 4.74 Å². The molecule has 104 valence electrons. The molecule has 0 bridgehead atoms. The number of hydrogen-bond acceptors (Lipinski definition) is 3. The van der Waals surface area contributed by atoms with Gasteiger partial charge in [0.2, 0.25) is 0 Å². The molecule has 18 heavy (non-hydrogen) atoms. The first-order chi connectivity index (χ1) is 8.56. The van der Waals surface area contributed by atoms with Gasteiger partial charge in [-0.15, -0.1) is 0 Å². The summed E-state index contributed by atoms with van der Waals surface area (Å²) >= 11 is 0. The lowest BCUT2D eigenvalue weighted by molar-refractivity contribution is 0.152. The minimum atomic E-state index is 0.162. The van der Waals surface area contributed by atoms with Gasteiger partial charge >= 0.3 is 0 Å². The van der Waals surface area contributed by atoms with Crippen LogP contribution in [0.5, 0.6) is 0 Å². The van der Waals surface area contributed by atoms with Crippen LogP contribution in [0.3, 0.4) is 0 Å². The normalized spacial score (nSPS) is 16.5. The second-order valence-corrected chi connectivity index (χ2v) is 5.30. The Morgan fingerprint density at radius 1 is 1.44 bits per heavy atom. The molecule has 1 aromatic rings. The largest absolute Gasteiger partial charge is 0.384 e. The quantitative estimate of drug-likeness (QED) is 0.774. The summed E-state index contributed by atoms with van der Waals surface area (Å²) in [4.78, 5) is 0. The molecule has 0 radical (unpaired) electrons. The summed E-state index contributed by atoms with van der Waals surface area (Å²) in [6.45, 7) is 7.29. The van der Waals surface area contributed by atoms with Gasteiger partial charge in [0.05, 0.1) is 5.69 Å². The molecule has 0 saturated heterocycles. The van der Waals surface area contributed by atoms with Crippen molar-refractivity contribution in [1.82, 2.24) is 9.78 Å². The Bertz CT molecular complexity index is 338. The summed E-state index contributed by atoms with van der Waals surface area (Å²) < 4.78 is 7.16. The molecule has 0 amide bonds. The van der Waals surface area contributed by atoms with Gasteiger partial charge in [-0.2, -0.15) is 5.10 Å². The van der Waals surface area contributed by atoms with Crippen LogP contribution in [0.4, 0.5) is 0 Å². The van der Waals surface area contributed by atoms with Gasteiger partial charge in [0.15, 0.2) is 0 Å². The molecule has 1 aromatic heterocycles. The Morgan fingerprint density at radius 2 is 2.17 bits per heavy atom. The van der Waals surface area contributed by atoms with Crippen molar-refractivity contribution in [3.8, 4) is 0 Å². The minimum Gasteiger partial charge on any atom is -0.384 e. The van der Waals surface area contributed by atoms with Crippen molar-refractivity contribution in [3.63, 3.8) is 0 Å². The molecule has 0 aromatic carbocycles. The molecule has 4 heteroatoms. The fraction of sp³-hybridized carbons (Fsp3) is 0.786. The standard InChI is InChI=1S/C14H27N3O/c1-5-12(3)17-7-6-14(16-17)9-13(15)8-11(2)10-18-4/h6-7,11-13H,5,8-10,15H2,1-4H3. The fourth-order valence-electron chi connectivity index (χ4n) is 2.14. The van der Waals surface area contributed by atoms with Crippen LogP contribution < -0.4 is 5.73 Å². The predicted octanol–water partition coefficient (Wildman–Crippen LogP) is 2.40. The molecule has 0 fully saturated rings. The summed E-state index contributed by atoms with van der Waals surface area (Å²) in [5.41, 5.74) is 7.24. The molecule has 1 heterocycles. The molecular formula is C14H27N3O. The van der Waals surface area contributed by atoms with E-state index in [-0.39, 0.29) is 6.04 Å². The van der Waals surface area contributed by atoms with E-state index in [2.05, 4.69) is 38.1 Å². The van der Waals surface area contributed by atoms with Crippen LogP contribution in [0.1, 0.15) is 45.3 Å². The molecule has 3 atom stereocenters. The fourth-order valence-corrected chi connectivity index (χ4v) is 2.14. The predicted molar refractivity (Wildman–Crippen MR) is 74.6 cm³/mol. The number of aromatic nitrogens is 2. The molecular weight excluding hydrogens is 226 g/mol. The third kappa shape index (κ3) is 4.78. The van der Waals surface area contributed by atoms with E-state index in [1.807, 2.05) is 4.68 Å². The van der Waals surface area contributed by atoms with Crippen molar-refractivity contribution in [2.24, 2.45) is 11.7 Å². The van der Waals surface area contributed by atoms with Gasteiger partial charge in [-0.1, -0.05) is 13.8 Å². The second kappa shape index (κ2) is 7.54. The first kappa shape index (κ1) is 15.2. The highest BCUT2D eigenvalue weighted by Gasteiger charge is 2.12. The Morgan fingerprint density at radius 3 is 2.78 bits per heavy atom. The van der Waals surface area contributed by atoms with E-state index >= 15 is 0 Å². The number of ether oxygens (including phenoxy) is 1. The Labute approximate surface area is 111 Å². The van der Waals surface area contributed by atoms with Crippen LogP contribution in [0.2, 0.25) is 0 Å². The number of hydrogen-bond donors (Lipinski definition) is 1. The summed E-state index contributed by atoms with van der Waals surface area (Å²) in [5, 5.41) is 4.58. The van der Waals surface area contributed by atoms with Crippen molar-refractivity contribution in [3.05, 3.63) is 18.0 Å². The highest BCUT2D eigenvalue weighted by atomic mass is 16.5. The van der Waals surface area contributed by atoms with Crippen LogP contribution >= 0.6 is 0 Å². The number of nitrogens with two attached hydrogens (primary N) is 1. The highest BCUT2D eigenvalue weighted by Crippen LogP contribution is 2.12. The molecule has 1 rings (SSSR count). The molecule has 0 spiro atoms. The molecule has 3 unspecified atom stereocenters. The zero-order chi connectivity index (χ0) is 13.5. The lowest BCUT2D eigenvalue weighted by Crippen LogP contribution is -2.27. The summed E-state index contributed by atoms with van der Waals surface area (Å²) in [6, 6.07) is 2.70. The molecule has 0 saturated carbocycles. The lowest BCUT2D eigenvalue weighted by atomic mass is 10.00. The van der Waals surface area contributed by atoms with E-state index < -0.39 is 0 Å². The first-order valence-electron chi connectivity index (χ1n) is 6.85. The van der Waals surface area contributed by atoms with Gasteiger partial charge in [-0.05, 0) is 31.7 Å².